The van der Waals surface area contributed by atoms with E-state index in [2.05, 4.69) is 49.4 Å². The summed E-state index contributed by atoms with van der Waals surface area (Å²) in [5.41, 5.74) is 4.20. The molecule has 0 aliphatic carbocycles. The van der Waals surface area contributed by atoms with Gasteiger partial charge in [0.05, 0.1) is 12.7 Å². The molecule has 3 heteroatoms. The second kappa shape index (κ2) is 7.37. The van der Waals surface area contributed by atoms with Crippen molar-refractivity contribution in [3.8, 4) is 11.1 Å². The predicted molar refractivity (Wildman–Crippen MR) is 98.5 cm³/mol. The Kier molecular flexibility index (Phi) is 5.02. The fourth-order valence-electron chi connectivity index (χ4n) is 2.47. The molecule has 0 amide bonds. The SMILES string of the molecule is COC(=O)c1ccc(Sc2cc(C)ccc2-c2ccccc2)cc1. The van der Waals surface area contributed by atoms with Gasteiger partial charge in [-0.05, 0) is 53.9 Å². The van der Waals surface area contributed by atoms with Gasteiger partial charge in [0.15, 0.2) is 0 Å². The minimum Gasteiger partial charge on any atom is -0.465 e. The second-order valence-corrected chi connectivity index (χ2v) is 6.60. The summed E-state index contributed by atoms with van der Waals surface area (Å²) in [5, 5.41) is 0. The van der Waals surface area contributed by atoms with Gasteiger partial charge in [-0.1, -0.05) is 54.2 Å². The van der Waals surface area contributed by atoms with Crippen molar-refractivity contribution in [2.24, 2.45) is 0 Å². The van der Waals surface area contributed by atoms with Crippen molar-refractivity contribution in [2.45, 2.75) is 16.7 Å². The number of rotatable bonds is 4. The fraction of sp³-hybridized carbons (Fsp3) is 0.0952. The highest BCUT2D eigenvalue weighted by Gasteiger charge is 2.09. The maximum Gasteiger partial charge on any atom is 0.337 e. The van der Waals surface area contributed by atoms with Gasteiger partial charge in [0.2, 0.25) is 0 Å². The Bertz CT molecular complexity index is 839. The van der Waals surface area contributed by atoms with E-state index >= 15 is 0 Å². The van der Waals surface area contributed by atoms with Gasteiger partial charge in [-0.15, -0.1) is 0 Å². The average Bonchev–Trinajstić information content (AvgIpc) is 2.62. The number of esters is 1. The van der Waals surface area contributed by atoms with Crippen molar-refractivity contribution in [3.63, 3.8) is 0 Å². The lowest BCUT2D eigenvalue weighted by molar-refractivity contribution is 0.0600. The number of hydrogen-bond donors (Lipinski definition) is 0. The van der Waals surface area contributed by atoms with E-state index in [1.54, 1.807) is 23.9 Å². The third-order valence-corrected chi connectivity index (χ3v) is 4.79. The second-order valence-electron chi connectivity index (χ2n) is 5.48. The van der Waals surface area contributed by atoms with E-state index in [4.69, 9.17) is 4.74 Å². The smallest absolute Gasteiger partial charge is 0.337 e. The molecule has 0 aliphatic heterocycles. The van der Waals surface area contributed by atoms with Crippen LogP contribution in [0.15, 0.2) is 82.6 Å². The molecular formula is C21H18O2S. The van der Waals surface area contributed by atoms with Gasteiger partial charge < -0.3 is 4.74 Å². The zero-order valence-corrected chi connectivity index (χ0v) is 14.5. The molecule has 0 saturated carbocycles. The van der Waals surface area contributed by atoms with Gasteiger partial charge in [-0.3, -0.25) is 0 Å². The Morgan fingerprint density at radius 2 is 1.62 bits per heavy atom. The Morgan fingerprint density at radius 1 is 0.917 bits per heavy atom. The lowest BCUT2D eigenvalue weighted by Gasteiger charge is -2.11. The van der Waals surface area contributed by atoms with E-state index in [9.17, 15) is 4.79 Å². The van der Waals surface area contributed by atoms with Crippen molar-refractivity contribution in [1.29, 1.82) is 0 Å². The van der Waals surface area contributed by atoms with Crippen LogP contribution in [-0.2, 0) is 4.74 Å². The summed E-state index contributed by atoms with van der Waals surface area (Å²) in [6.07, 6.45) is 0. The molecule has 0 bridgehead atoms. The summed E-state index contributed by atoms with van der Waals surface area (Å²) in [4.78, 5) is 13.8. The standard InChI is InChI=1S/C21H18O2S/c1-15-8-13-19(16-6-4-3-5-7-16)20(14-15)24-18-11-9-17(10-12-18)21(22)23-2/h3-14H,1-2H3. The van der Waals surface area contributed by atoms with Crippen molar-refractivity contribution in [1.82, 2.24) is 0 Å². The lowest BCUT2D eigenvalue weighted by Crippen LogP contribution is -2.00. The molecule has 0 spiro atoms. The Hall–Kier alpha value is -2.52. The first-order valence-electron chi connectivity index (χ1n) is 7.69. The van der Waals surface area contributed by atoms with Crippen molar-refractivity contribution in [2.75, 3.05) is 7.11 Å². The van der Waals surface area contributed by atoms with E-state index in [0.717, 1.165) is 4.90 Å². The highest BCUT2D eigenvalue weighted by molar-refractivity contribution is 7.99. The number of methoxy groups -OCH3 is 1. The maximum absolute atomic E-state index is 11.5. The van der Waals surface area contributed by atoms with Gasteiger partial charge in [-0.2, -0.15) is 0 Å². The molecule has 0 radical (unpaired) electrons. The first kappa shape index (κ1) is 16.3. The molecule has 0 heterocycles. The van der Waals surface area contributed by atoms with E-state index in [-0.39, 0.29) is 5.97 Å². The highest BCUT2D eigenvalue weighted by atomic mass is 32.2. The monoisotopic (exact) mass is 334 g/mol. The van der Waals surface area contributed by atoms with Gasteiger partial charge >= 0.3 is 5.97 Å². The number of hydrogen-bond acceptors (Lipinski definition) is 3. The first-order chi connectivity index (χ1) is 11.7. The molecule has 0 saturated heterocycles. The van der Waals surface area contributed by atoms with Crippen LogP contribution >= 0.6 is 11.8 Å². The van der Waals surface area contributed by atoms with Crippen LogP contribution in [0.2, 0.25) is 0 Å². The number of ether oxygens (including phenoxy) is 1. The minimum absolute atomic E-state index is 0.313. The normalized spacial score (nSPS) is 10.4. The van der Waals surface area contributed by atoms with E-state index in [1.807, 2.05) is 18.2 Å². The molecule has 2 nitrogen and oxygen atoms in total. The zero-order valence-electron chi connectivity index (χ0n) is 13.7. The molecule has 3 aromatic carbocycles. The third kappa shape index (κ3) is 3.69. The molecule has 0 N–H and O–H groups in total. The number of carbonyl (C=O) groups is 1. The quantitative estimate of drug-likeness (QED) is 0.581. The summed E-state index contributed by atoms with van der Waals surface area (Å²) in [6, 6.07) is 24.4. The Labute approximate surface area is 146 Å². The zero-order chi connectivity index (χ0) is 16.9. The summed E-state index contributed by atoms with van der Waals surface area (Å²) in [6.45, 7) is 2.10. The predicted octanol–water partition coefficient (Wildman–Crippen LogP) is 5.60. The minimum atomic E-state index is -0.313. The highest BCUT2D eigenvalue weighted by Crippen LogP contribution is 2.36. The number of benzene rings is 3. The van der Waals surface area contributed by atoms with E-state index in [0.29, 0.717) is 5.56 Å². The van der Waals surface area contributed by atoms with Crippen LogP contribution in [-0.4, -0.2) is 13.1 Å². The molecule has 24 heavy (non-hydrogen) atoms. The molecule has 0 aromatic heterocycles. The van der Waals surface area contributed by atoms with Gasteiger partial charge in [-0.25, -0.2) is 4.79 Å². The van der Waals surface area contributed by atoms with Crippen LogP contribution in [0.25, 0.3) is 11.1 Å². The Balaban J connectivity index is 1.92. The fourth-order valence-corrected chi connectivity index (χ4v) is 3.54. The summed E-state index contributed by atoms with van der Waals surface area (Å²) < 4.78 is 4.74. The van der Waals surface area contributed by atoms with Crippen LogP contribution in [0.5, 0.6) is 0 Å². The summed E-state index contributed by atoms with van der Waals surface area (Å²) >= 11 is 1.70. The van der Waals surface area contributed by atoms with Crippen LogP contribution in [0.1, 0.15) is 15.9 Å². The molecular weight excluding hydrogens is 316 g/mol. The topological polar surface area (TPSA) is 26.3 Å². The van der Waals surface area contributed by atoms with Crippen LogP contribution in [0, 0.1) is 6.92 Å². The van der Waals surface area contributed by atoms with E-state index in [1.165, 1.54) is 28.7 Å². The molecule has 0 atom stereocenters. The molecule has 0 unspecified atom stereocenters. The lowest BCUT2D eigenvalue weighted by atomic mass is 10.0. The van der Waals surface area contributed by atoms with Gasteiger partial charge in [0.25, 0.3) is 0 Å². The van der Waals surface area contributed by atoms with Crippen molar-refractivity contribution < 1.29 is 9.53 Å². The summed E-state index contributed by atoms with van der Waals surface area (Å²) in [7, 11) is 1.39. The molecule has 0 fully saturated rings. The van der Waals surface area contributed by atoms with Crippen LogP contribution in [0.4, 0.5) is 0 Å². The molecule has 3 aromatic rings. The van der Waals surface area contributed by atoms with Crippen molar-refractivity contribution in [3.05, 3.63) is 83.9 Å². The number of carbonyl (C=O) groups excluding carboxylic acids is 1. The Morgan fingerprint density at radius 3 is 2.29 bits per heavy atom. The van der Waals surface area contributed by atoms with Gasteiger partial charge in [0, 0.05) is 9.79 Å². The van der Waals surface area contributed by atoms with Gasteiger partial charge in [0.1, 0.15) is 0 Å². The van der Waals surface area contributed by atoms with Crippen molar-refractivity contribution >= 4 is 17.7 Å². The average molecular weight is 334 g/mol. The largest absolute Gasteiger partial charge is 0.465 e. The maximum atomic E-state index is 11.5. The first-order valence-corrected chi connectivity index (χ1v) is 8.51. The van der Waals surface area contributed by atoms with Crippen LogP contribution < -0.4 is 0 Å². The third-order valence-electron chi connectivity index (χ3n) is 3.73. The summed E-state index contributed by atoms with van der Waals surface area (Å²) in [5.74, 6) is -0.313. The molecule has 0 aliphatic rings. The molecule has 3 rings (SSSR count). The number of aryl methyl sites for hydroxylation is 1. The van der Waals surface area contributed by atoms with E-state index < -0.39 is 0 Å². The van der Waals surface area contributed by atoms with Crippen LogP contribution in [0.3, 0.4) is 0 Å². The molecule has 120 valence electrons.